The van der Waals surface area contributed by atoms with E-state index in [2.05, 4.69) is 28.5 Å². The van der Waals surface area contributed by atoms with Crippen LogP contribution < -0.4 is 5.32 Å². The number of aryl methyl sites for hydroxylation is 1. The first-order valence-electron chi connectivity index (χ1n) is 10.6. The summed E-state index contributed by atoms with van der Waals surface area (Å²) >= 11 is 1.37. The third kappa shape index (κ3) is 4.18. The number of hydrogen-bond acceptors (Lipinski definition) is 5. The Hall–Kier alpha value is -3.39. The van der Waals surface area contributed by atoms with Gasteiger partial charge in [0.25, 0.3) is 0 Å². The van der Waals surface area contributed by atoms with Crippen molar-refractivity contribution in [2.24, 2.45) is 7.05 Å². The number of carbonyl (C=O) groups is 1. The fraction of sp³-hybridized carbons (Fsp3) is 0.250. The van der Waals surface area contributed by atoms with Gasteiger partial charge >= 0.3 is 0 Å². The summed E-state index contributed by atoms with van der Waals surface area (Å²) in [6, 6.07) is 19.9. The molecule has 32 heavy (non-hydrogen) atoms. The minimum atomic E-state index is -0.102. The summed E-state index contributed by atoms with van der Waals surface area (Å²) in [7, 11) is 1.93. The standard InChI is InChI=1S/C24H24N6OS/c1-16-8-6-7-11-19(16)23-26-27-24(29(23)2)32-15-22(31)25-21-14-20(17-12-13-17)28-30(21)18-9-4-3-5-10-18/h3-11,14,17H,12-13,15H2,1-2H3,(H,25,31). The number of amides is 1. The lowest BCUT2D eigenvalue weighted by molar-refractivity contribution is -0.113. The maximum Gasteiger partial charge on any atom is 0.236 e. The van der Waals surface area contributed by atoms with Crippen LogP contribution in [0.15, 0.2) is 65.8 Å². The van der Waals surface area contributed by atoms with Crippen molar-refractivity contribution >= 4 is 23.5 Å². The van der Waals surface area contributed by atoms with E-state index in [-0.39, 0.29) is 11.7 Å². The number of thioether (sulfide) groups is 1. The monoisotopic (exact) mass is 444 g/mol. The molecule has 0 saturated heterocycles. The fourth-order valence-corrected chi connectivity index (χ4v) is 4.35. The molecule has 8 heteroatoms. The average molecular weight is 445 g/mol. The molecule has 0 aliphatic heterocycles. The molecule has 162 valence electrons. The van der Waals surface area contributed by atoms with Gasteiger partial charge in [-0.1, -0.05) is 54.2 Å². The van der Waals surface area contributed by atoms with Gasteiger partial charge in [0.1, 0.15) is 5.82 Å². The molecule has 1 N–H and O–H groups in total. The van der Waals surface area contributed by atoms with Crippen molar-refractivity contribution in [3.63, 3.8) is 0 Å². The second-order valence-electron chi connectivity index (χ2n) is 7.99. The van der Waals surface area contributed by atoms with Gasteiger partial charge in [-0.15, -0.1) is 10.2 Å². The van der Waals surface area contributed by atoms with E-state index in [4.69, 9.17) is 5.10 Å². The van der Waals surface area contributed by atoms with Crippen LogP contribution in [-0.2, 0) is 11.8 Å². The summed E-state index contributed by atoms with van der Waals surface area (Å²) in [5, 5.41) is 17.1. The zero-order chi connectivity index (χ0) is 22.1. The average Bonchev–Trinajstić information content (AvgIpc) is 3.48. The molecule has 0 radical (unpaired) electrons. The van der Waals surface area contributed by atoms with E-state index in [0.29, 0.717) is 16.9 Å². The topological polar surface area (TPSA) is 77.6 Å². The molecule has 2 aromatic carbocycles. The smallest absolute Gasteiger partial charge is 0.236 e. The number of hydrogen-bond donors (Lipinski definition) is 1. The predicted molar refractivity (Wildman–Crippen MR) is 126 cm³/mol. The number of nitrogens with one attached hydrogen (secondary N) is 1. The molecule has 1 aliphatic carbocycles. The molecule has 0 spiro atoms. The molecular formula is C24H24N6OS. The Balaban J connectivity index is 1.30. The van der Waals surface area contributed by atoms with Crippen LogP contribution in [0.2, 0.25) is 0 Å². The zero-order valence-corrected chi connectivity index (χ0v) is 18.8. The maximum absolute atomic E-state index is 12.8. The van der Waals surface area contributed by atoms with Crippen LogP contribution in [0.1, 0.15) is 30.0 Å². The van der Waals surface area contributed by atoms with Crippen molar-refractivity contribution in [1.29, 1.82) is 0 Å². The summed E-state index contributed by atoms with van der Waals surface area (Å²) in [5.74, 6) is 2.13. The summed E-state index contributed by atoms with van der Waals surface area (Å²) in [6.07, 6.45) is 2.31. The highest BCUT2D eigenvalue weighted by atomic mass is 32.2. The summed E-state index contributed by atoms with van der Waals surface area (Å²) in [4.78, 5) is 12.8. The summed E-state index contributed by atoms with van der Waals surface area (Å²) in [5.41, 5.74) is 4.14. The van der Waals surface area contributed by atoms with Gasteiger partial charge in [0.15, 0.2) is 11.0 Å². The van der Waals surface area contributed by atoms with E-state index >= 15 is 0 Å². The van der Waals surface area contributed by atoms with Crippen LogP contribution in [0, 0.1) is 6.92 Å². The van der Waals surface area contributed by atoms with Crippen LogP contribution >= 0.6 is 11.8 Å². The van der Waals surface area contributed by atoms with E-state index in [1.165, 1.54) is 11.8 Å². The van der Waals surface area contributed by atoms with Gasteiger partial charge in [-0.2, -0.15) is 5.10 Å². The van der Waals surface area contributed by atoms with Crippen molar-refractivity contribution in [3.8, 4) is 17.1 Å². The first-order chi connectivity index (χ1) is 15.6. The lowest BCUT2D eigenvalue weighted by Crippen LogP contribution is -2.17. The third-order valence-electron chi connectivity index (χ3n) is 5.55. The van der Waals surface area contributed by atoms with Gasteiger partial charge in [-0.25, -0.2) is 4.68 Å². The van der Waals surface area contributed by atoms with E-state index in [9.17, 15) is 4.79 Å². The number of anilines is 1. The van der Waals surface area contributed by atoms with E-state index in [1.54, 1.807) is 0 Å². The summed E-state index contributed by atoms with van der Waals surface area (Å²) < 4.78 is 3.74. The first-order valence-corrected chi connectivity index (χ1v) is 11.6. The van der Waals surface area contributed by atoms with Crippen LogP contribution in [0.4, 0.5) is 5.82 Å². The molecule has 5 rings (SSSR count). The molecular weight excluding hydrogens is 420 g/mol. The van der Waals surface area contributed by atoms with Gasteiger partial charge in [0.05, 0.1) is 17.1 Å². The molecule has 0 bridgehead atoms. The number of aromatic nitrogens is 5. The Kier molecular flexibility index (Phi) is 5.53. The van der Waals surface area contributed by atoms with Crippen molar-refractivity contribution in [2.45, 2.75) is 30.8 Å². The van der Waals surface area contributed by atoms with Gasteiger partial charge in [0, 0.05) is 24.6 Å². The Labute approximate surface area is 190 Å². The van der Waals surface area contributed by atoms with Crippen molar-refractivity contribution in [3.05, 3.63) is 71.9 Å². The summed E-state index contributed by atoms with van der Waals surface area (Å²) in [6.45, 7) is 2.05. The number of benzene rings is 2. The highest BCUT2D eigenvalue weighted by Gasteiger charge is 2.28. The van der Waals surface area contributed by atoms with E-state index in [1.807, 2.05) is 70.9 Å². The molecule has 1 fully saturated rings. The molecule has 0 unspecified atom stereocenters. The zero-order valence-electron chi connectivity index (χ0n) is 18.0. The lowest BCUT2D eigenvalue weighted by atomic mass is 10.1. The fourth-order valence-electron chi connectivity index (χ4n) is 3.64. The second-order valence-corrected chi connectivity index (χ2v) is 8.94. The Bertz CT molecular complexity index is 1260. The van der Waals surface area contributed by atoms with Gasteiger partial charge in [0.2, 0.25) is 5.91 Å². The number of carbonyl (C=O) groups excluding carboxylic acids is 1. The highest BCUT2D eigenvalue weighted by Crippen LogP contribution is 2.40. The molecule has 2 heterocycles. The van der Waals surface area contributed by atoms with Crippen LogP contribution in [-0.4, -0.2) is 36.2 Å². The van der Waals surface area contributed by atoms with Gasteiger partial charge in [-0.3, -0.25) is 4.79 Å². The SMILES string of the molecule is Cc1ccccc1-c1nnc(SCC(=O)Nc2cc(C3CC3)nn2-c2ccccc2)n1C. The molecule has 1 amide bonds. The van der Waals surface area contributed by atoms with E-state index in [0.717, 1.165) is 41.2 Å². The number of para-hydroxylation sites is 1. The quantitative estimate of drug-likeness (QED) is 0.422. The molecule has 7 nitrogen and oxygen atoms in total. The maximum atomic E-state index is 12.8. The molecule has 1 saturated carbocycles. The third-order valence-corrected chi connectivity index (χ3v) is 6.57. The Morgan fingerprint density at radius 1 is 1.09 bits per heavy atom. The minimum Gasteiger partial charge on any atom is -0.310 e. The van der Waals surface area contributed by atoms with Crippen LogP contribution in [0.25, 0.3) is 17.1 Å². The van der Waals surface area contributed by atoms with E-state index < -0.39 is 0 Å². The largest absolute Gasteiger partial charge is 0.310 e. The van der Waals surface area contributed by atoms with Crippen LogP contribution in [0.5, 0.6) is 0 Å². The number of rotatable bonds is 7. The Morgan fingerprint density at radius 2 is 1.84 bits per heavy atom. The van der Waals surface area contributed by atoms with Crippen molar-refractivity contribution in [1.82, 2.24) is 24.5 Å². The van der Waals surface area contributed by atoms with Gasteiger partial charge < -0.3 is 9.88 Å². The van der Waals surface area contributed by atoms with Gasteiger partial charge in [-0.05, 0) is 37.5 Å². The predicted octanol–water partition coefficient (Wildman–Crippen LogP) is 4.58. The highest BCUT2D eigenvalue weighted by molar-refractivity contribution is 7.99. The Morgan fingerprint density at radius 3 is 2.59 bits per heavy atom. The normalized spacial score (nSPS) is 13.3. The molecule has 0 atom stereocenters. The minimum absolute atomic E-state index is 0.102. The lowest BCUT2D eigenvalue weighted by Gasteiger charge is -2.09. The first kappa shape index (κ1) is 20.5. The van der Waals surface area contributed by atoms with Crippen molar-refractivity contribution < 1.29 is 4.79 Å². The molecule has 1 aliphatic rings. The number of nitrogens with zero attached hydrogens (tertiary/aromatic N) is 5. The molecule has 4 aromatic rings. The van der Waals surface area contributed by atoms with Crippen LogP contribution in [0.3, 0.4) is 0 Å². The van der Waals surface area contributed by atoms with Crippen molar-refractivity contribution in [2.75, 3.05) is 11.1 Å². The second kappa shape index (κ2) is 8.63. The molecule has 2 aromatic heterocycles.